The van der Waals surface area contributed by atoms with Crippen LogP contribution in [0.4, 0.5) is 20.6 Å². The van der Waals surface area contributed by atoms with Crippen LogP contribution in [-0.2, 0) is 14.3 Å². The number of imide groups is 1. The zero-order chi connectivity index (χ0) is 20.7. The molecule has 4 rings (SSSR count). The second-order valence-electron chi connectivity index (χ2n) is 7.19. The highest BCUT2D eigenvalue weighted by Crippen LogP contribution is 2.42. The molecule has 1 aromatic rings. The van der Waals surface area contributed by atoms with Gasteiger partial charge in [-0.1, -0.05) is 0 Å². The molecule has 2 atom stereocenters. The van der Waals surface area contributed by atoms with Crippen LogP contribution in [0.2, 0.25) is 0 Å². The molecule has 1 aromatic carbocycles. The summed E-state index contributed by atoms with van der Waals surface area (Å²) in [4.78, 5) is 40.3. The average Bonchev–Trinajstić information content (AvgIpc) is 3.01. The smallest absolute Gasteiger partial charge is 0.415 e. The molecule has 3 heterocycles. The summed E-state index contributed by atoms with van der Waals surface area (Å²) in [7, 11) is 0. The number of hydrogen-bond donors (Lipinski definition) is 0. The highest BCUT2D eigenvalue weighted by atomic mass is 32.2. The Kier molecular flexibility index (Phi) is 5.28. The van der Waals surface area contributed by atoms with Crippen molar-refractivity contribution in [2.45, 2.75) is 26.0 Å². The summed E-state index contributed by atoms with van der Waals surface area (Å²) in [6.07, 6.45) is -1.39. The normalized spacial score (nSPS) is 23.1. The Balaban J connectivity index is 1.60. The maximum Gasteiger partial charge on any atom is 0.415 e. The van der Waals surface area contributed by atoms with Crippen LogP contribution in [0.5, 0.6) is 5.75 Å². The molecule has 0 unspecified atom stereocenters. The van der Waals surface area contributed by atoms with Gasteiger partial charge in [-0.15, -0.1) is 0 Å². The van der Waals surface area contributed by atoms with E-state index < -0.39 is 35.9 Å². The summed E-state index contributed by atoms with van der Waals surface area (Å²) in [5.74, 6) is 0.998. The third-order valence-electron chi connectivity index (χ3n) is 5.38. The van der Waals surface area contributed by atoms with Crippen LogP contribution < -0.4 is 14.5 Å². The van der Waals surface area contributed by atoms with Crippen molar-refractivity contribution >= 4 is 41.0 Å². The second kappa shape index (κ2) is 7.74. The first-order valence-corrected chi connectivity index (χ1v) is 10.6. The van der Waals surface area contributed by atoms with Crippen LogP contribution >= 0.6 is 11.8 Å². The van der Waals surface area contributed by atoms with Crippen molar-refractivity contribution in [1.29, 1.82) is 0 Å². The van der Waals surface area contributed by atoms with E-state index in [0.717, 1.165) is 29.5 Å². The Morgan fingerprint density at radius 1 is 1.21 bits per heavy atom. The lowest BCUT2D eigenvalue weighted by Gasteiger charge is -2.34. The molecule has 0 N–H and O–H groups in total. The molecular weight excluding hydrogens is 401 g/mol. The number of fused-ring (bicyclic) bond motifs is 3. The first-order valence-electron chi connectivity index (χ1n) is 9.44. The van der Waals surface area contributed by atoms with Gasteiger partial charge in [-0.05, 0) is 0 Å². The third kappa shape index (κ3) is 3.61. The van der Waals surface area contributed by atoms with Crippen LogP contribution in [0.15, 0.2) is 12.1 Å². The maximum absolute atomic E-state index is 14.9. The van der Waals surface area contributed by atoms with Crippen LogP contribution in [0.1, 0.15) is 13.8 Å². The van der Waals surface area contributed by atoms with E-state index >= 15 is 0 Å². The van der Waals surface area contributed by atoms with E-state index in [9.17, 15) is 18.8 Å². The fourth-order valence-corrected chi connectivity index (χ4v) is 4.80. The summed E-state index contributed by atoms with van der Waals surface area (Å²) in [6.45, 7) is 4.12. The molecule has 0 radical (unpaired) electrons. The third-order valence-corrected chi connectivity index (χ3v) is 6.32. The molecule has 156 valence electrons. The number of anilines is 2. The minimum Gasteiger partial charge on any atom is -0.489 e. The lowest BCUT2D eigenvalue weighted by atomic mass is 10.1. The molecule has 3 amide bonds. The number of rotatable bonds is 3. The average molecular weight is 423 g/mol. The van der Waals surface area contributed by atoms with Crippen LogP contribution in [0, 0.1) is 5.82 Å². The van der Waals surface area contributed by atoms with Crippen molar-refractivity contribution in [3.63, 3.8) is 0 Å². The van der Waals surface area contributed by atoms with Gasteiger partial charge in [-0.3, -0.25) is 19.4 Å². The van der Waals surface area contributed by atoms with E-state index in [0.29, 0.717) is 17.1 Å². The monoisotopic (exact) mass is 423 g/mol. The number of halogens is 1. The lowest BCUT2D eigenvalue weighted by Crippen LogP contribution is -2.49. The number of nitrogens with zero attached hydrogens (tertiary/aromatic N) is 3. The van der Waals surface area contributed by atoms with Crippen molar-refractivity contribution in [1.82, 2.24) is 4.90 Å². The van der Waals surface area contributed by atoms with Gasteiger partial charge in [-0.25, -0.2) is 9.18 Å². The Hall–Kier alpha value is -2.49. The first kappa shape index (κ1) is 19.8. The van der Waals surface area contributed by atoms with Crippen LogP contribution in [0.3, 0.4) is 0 Å². The van der Waals surface area contributed by atoms with E-state index in [1.54, 1.807) is 6.07 Å². The number of thioether (sulfide) groups is 1. The van der Waals surface area contributed by atoms with Gasteiger partial charge in [0.1, 0.15) is 30.3 Å². The first-order chi connectivity index (χ1) is 13.9. The van der Waals surface area contributed by atoms with E-state index in [4.69, 9.17) is 9.47 Å². The Labute approximate surface area is 171 Å². The Morgan fingerprint density at radius 3 is 2.55 bits per heavy atom. The van der Waals surface area contributed by atoms with E-state index in [2.05, 4.69) is 0 Å². The summed E-state index contributed by atoms with van der Waals surface area (Å²) in [5, 5.41) is 0. The van der Waals surface area contributed by atoms with E-state index in [1.165, 1.54) is 24.8 Å². The summed E-state index contributed by atoms with van der Waals surface area (Å²) in [5.41, 5.74) is 0.768. The minimum atomic E-state index is -0.745. The number of amides is 3. The minimum absolute atomic E-state index is 0.0672. The summed E-state index contributed by atoms with van der Waals surface area (Å²) >= 11 is 1.83. The highest BCUT2D eigenvalue weighted by Gasteiger charge is 2.48. The van der Waals surface area contributed by atoms with Gasteiger partial charge in [0.2, 0.25) is 11.8 Å². The number of cyclic esters (lactones) is 1. The van der Waals surface area contributed by atoms with Gasteiger partial charge in [0.05, 0.1) is 17.9 Å². The fourth-order valence-electron chi connectivity index (χ4n) is 3.90. The van der Waals surface area contributed by atoms with Gasteiger partial charge in [-0.2, -0.15) is 11.8 Å². The molecule has 2 fully saturated rings. The van der Waals surface area contributed by atoms with E-state index in [-0.39, 0.29) is 13.2 Å². The largest absolute Gasteiger partial charge is 0.489 e. The molecule has 3 aliphatic heterocycles. The number of carbonyl (C=O) groups is 3. The molecule has 0 bridgehead atoms. The predicted molar refractivity (Wildman–Crippen MR) is 106 cm³/mol. The number of benzene rings is 1. The molecule has 0 saturated carbocycles. The van der Waals surface area contributed by atoms with Gasteiger partial charge in [0, 0.05) is 50.6 Å². The molecule has 0 aliphatic carbocycles. The van der Waals surface area contributed by atoms with Gasteiger partial charge in [0.15, 0.2) is 0 Å². The lowest BCUT2D eigenvalue weighted by molar-refractivity contribution is -0.143. The standard InChI is InChI=1S/C19H22FN3O5S/c1-11(24)22(12(2)25)9-18-16-10-27-17-8-14(21-3-5-29-6-4-21)13(20)7-15(17)23(16)19(26)28-18/h7-8,16,18H,3-6,9-10H2,1-2H3/t16-,18-/m0/s1. The van der Waals surface area contributed by atoms with Crippen molar-refractivity contribution in [3.8, 4) is 5.75 Å². The van der Waals surface area contributed by atoms with Gasteiger partial charge >= 0.3 is 6.09 Å². The van der Waals surface area contributed by atoms with E-state index in [1.807, 2.05) is 16.7 Å². The Morgan fingerprint density at radius 2 is 1.90 bits per heavy atom. The highest BCUT2D eigenvalue weighted by molar-refractivity contribution is 7.99. The van der Waals surface area contributed by atoms with Crippen LogP contribution in [0.25, 0.3) is 0 Å². The Bertz CT molecular complexity index is 846. The van der Waals surface area contributed by atoms with Crippen LogP contribution in [-0.4, -0.2) is 72.7 Å². The molecule has 0 spiro atoms. The molecule has 29 heavy (non-hydrogen) atoms. The predicted octanol–water partition coefficient (Wildman–Crippen LogP) is 1.86. The molecule has 8 nitrogen and oxygen atoms in total. The van der Waals surface area contributed by atoms with Gasteiger partial charge < -0.3 is 14.4 Å². The fraction of sp³-hybridized carbons (Fsp3) is 0.526. The number of carbonyl (C=O) groups excluding carboxylic acids is 3. The summed E-state index contributed by atoms with van der Waals surface area (Å²) < 4.78 is 26.1. The molecule has 3 aliphatic rings. The van der Waals surface area contributed by atoms with Crippen molar-refractivity contribution in [2.24, 2.45) is 0 Å². The zero-order valence-electron chi connectivity index (χ0n) is 16.2. The molecule has 2 saturated heterocycles. The van der Waals surface area contributed by atoms with Gasteiger partial charge in [0.25, 0.3) is 0 Å². The zero-order valence-corrected chi connectivity index (χ0v) is 17.0. The molecule has 0 aromatic heterocycles. The number of hydrogen-bond acceptors (Lipinski definition) is 7. The SMILES string of the molecule is CC(=O)N(C[C@@H]1OC(=O)N2c3cc(F)c(N4CCSCC4)cc3OC[C@@H]12)C(C)=O. The van der Waals surface area contributed by atoms with Crippen molar-refractivity contribution < 1.29 is 28.2 Å². The maximum atomic E-state index is 14.9. The quantitative estimate of drug-likeness (QED) is 0.734. The molecular formula is C19H22FN3O5S. The number of ether oxygens (including phenoxy) is 2. The van der Waals surface area contributed by atoms with Crippen molar-refractivity contribution in [3.05, 3.63) is 17.9 Å². The van der Waals surface area contributed by atoms with Crippen molar-refractivity contribution in [2.75, 3.05) is 47.5 Å². The molecule has 10 heteroatoms. The second-order valence-corrected chi connectivity index (χ2v) is 8.41. The summed E-state index contributed by atoms with van der Waals surface area (Å²) in [6, 6.07) is 2.39. The topological polar surface area (TPSA) is 79.4 Å².